The first kappa shape index (κ1) is 10.1. The van der Waals surface area contributed by atoms with E-state index in [-0.39, 0.29) is 5.52 Å². The molecular formula is C12H7F3N2. The van der Waals surface area contributed by atoms with E-state index >= 15 is 0 Å². The Morgan fingerprint density at radius 2 is 1.88 bits per heavy atom. The van der Waals surface area contributed by atoms with Crippen molar-refractivity contribution in [1.29, 1.82) is 0 Å². The van der Waals surface area contributed by atoms with Crippen molar-refractivity contribution >= 4 is 21.8 Å². The van der Waals surface area contributed by atoms with Crippen LogP contribution in [0.4, 0.5) is 13.2 Å². The van der Waals surface area contributed by atoms with E-state index in [4.69, 9.17) is 0 Å². The van der Waals surface area contributed by atoms with Crippen LogP contribution in [0.15, 0.2) is 42.7 Å². The number of aromatic nitrogens is 2. The third-order valence-electron chi connectivity index (χ3n) is 2.71. The van der Waals surface area contributed by atoms with Gasteiger partial charge in [-0.05, 0) is 24.3 Å². The summed E-state index contributed by atoms with van der Waals surface area (Å²) in [4.78, 5) is 4.09. The number of pyridine rings is 1. The second kappa shape index (κ2) is 3.23. The number of rotatable bonds is 0. The summed E-state index contributed by atoms with van der Waals surface area (Å²) in [6.45, 7) is 0. The number of alkyl halides is 3. The lowest BCUT2D eigenvalue weighted by Gasteiger charge is -2.14. The van der Waals surface area contributed by atoms with Gasteiger partial charge >= 0.3 is 6.30 Å². The second-order valence-electron chi connectivity index (χ2n) is 3.73. The molecule has 2 aromatic heterocycles. The summed E-state index contributed by atoms with van der Waals surface area (Å²) >= 11 is 0. The standard InChI is InChI=1S/C12H7F3N2/c13-12(14,15)17-7-1-2-9-10(17)4-3-8-5-6-16-11(8)9/h1-7H. The number of hydrogen-bond acceptors (Lipinski definition) is 1. The number of halogens is 3. The normalized spacial score (nSPS) is 12.4. The molecule has 0 saturated carbocycles. The molecule has 0 fully saturated rings. The zero-order chi connectivity index (χ0) is 12.0. The lowest BCUT2D eigenvalue weighted by molar-refractivity contribution is -0.201. The van der Waals surface area contributed by atoms with Crippen LogP contribution in [-0.4, -0.2) is 9.55 Å². The predicted octanol–water partition coefficient (Wildman–Crippen LogP) is 3.67. The Morgan fingerprint density at radius 1 is 1.06 bits per heavy atom. The topological polar surface area (TPSA) is 17.8 Å². The summed E-state index contributed by atoms with van der Waals surface area (Å²) in [6.07, 6.45) is -1.81. The summed E-state index contributed by atoms with van der Waals surface area (Å²) in [7, 11) is 0. The Balaban J connectivity index is 2.48. The molecule has 0 saturated heterocycles. The molecule has 0 aliphatic rings. The smallest absolute Gasteiger partial charge is 0.259 e. The maximum atomic E-state index is 12.8. The third-order valence-corrected chi connectivity index (χ3v) is 2.71. The molecule has 5 heteroatoms. The lowest BCUT2D eigenvalue weighted by atomic mass is 10.1. The number of benzene rings is 1. The van der Waals surface area contributed by atoms with Gasteiger partial charge in [-0.25, -0.2) is 0 Å². The third kappa shape index (κ3) is 1.46. The van der Waals surface area contributed by atoms with Gasteiger partial charge in [0.2, 0.25) is 0 Å². The fraction of sp³-hybridized carbons (Fsp3) is 0.0833. The molecule has 0 unspecified atom stereocenters. The van der Waals surface area contributed by atoms with E-state index in [0.29, 0.717) is 15.5 Å². The summed E-state index contributed by atoms with van der Waals surface area (Å²) < 4.78 is 38.7. The molecule has 0 N–H and O–H groups in total. The highest BCUT2D eigenvalue weighted by molar-refractivity contribution is 6.04. The van der Waals surface area contributed by atoms with Crippen LogP contribution in [-0.2, 0) is 6.30 Å². The first-order valence-electron chi connectivity index (χ1n) is 4.99. The monoisotopic (exact) mass is 236 g/mol. The van der Waals surface area contributed by atoms with Crippen LogP contribution >= 0.6 is 0 Å². The van der Waals surface area contributed by atoms with Gasteiger partial charge in [-0.2, -0.15) is 0 Å². The van der Waals surface area contributed by atoms with E-state index < -0.39 is 6.30 Å². The number of hydrogen-bond donors (Lipinski definition) is 0. The molecule has 17 heavy (non-hydrogen) atoms. The molecule has 0 aliphatic carbocycles. The largest absolute Gasteiger partial charge is 0.488 e. The van der Waals surface area contributed by atoms with Crippen molar-refractivity contribution in [3.05, 3.63) is 42.7 Å². The van der Waals surface area contributed by atoms with Gasteiger partial charge in [-0.1, -0.05) is 6.07 Å². The van der Waals surface area contributed by atoms with Gasteiger partial charge in [-0.3, -0.25) is 9.55 Å². The van der Waals surface area contributed by atoms with Gasteiger partial charge in [0.05, 0.1) is 11.0 Å². The fourth-order valence-electron chi connectivity index (χ4n) is 1.99. The van der Waals surface area contributed by atoms with Crippen LogP contribution in [0.5, 0.6) is 0 Å². The van der Waals surface area contributed by atoms with Crippen LogP contribution in [0.25, 0.3) is 21.8 Å². The SMILES string of the molecule is FC(F)(F)n1cccc2c3nccc3ccc21. The Labute approximate surface area is 94.3 Å². The van der Waals surface area contributed by atoms with Crippen LogP contribution in [0.2, 0.25) is 0 Å². The van der Waals surface area contributed by atoms with E-state index in [0.717, 1.165) is 11.6 Å². The molecular weight excluding hydrogens is 229 g/mol. The Hall–Kier alpha value is -2.04. The molecule has 3 rings (SSSR count). The van der Waals surface area contributed by atoms with Crippen molar-refractivity contribution in [2.75, 3.05) is 0 Å². The molecule has 2 heterocycles. The summed E-state index contributed by atoms with van der Waals surface area (Å²) in [5.41, 5.74) is 0.715. The number of fused-ring (bicyclic) bond motifs is 3. The Bertz CT molecular complexity index is 698. The quantitative estimate of drug-likeness (QED) is 0.582. The first-order valence-corrected chi connectivity index (χ1v) is 4.99. The van der Waals surface area contributed by atoms with Crippen molar-refractivity contribution in [1.82, 2.24) is 9.55 Å². The minimum atomic E-state index is -4.42. The lowest BCUT2D eigenvalue weighted by Crippen LogP contribution is -2.17. The highest BCUT2D eigenvalue weighted by Gasteiger charge is 2.30. The number of nitrogens with zero attached hydrogens (tertiary/aromatic N) is 2. The van der Waals surface area contributed by atoms with E-state index in [1.54, 1.807) is 24.4 Å². The van der Waals surface area contributed by atoms with Gasteiger partial charge in [-0.15, -0.1) is 13.2 Å². The minimum Gasteiger partial charge on any atom is -0.259 e. The van der Waals surface area contributed by atoms with Crippen molar-refractivity contribution in [3.8, 4) is 0 Å². The first-order chi connectivity index (χ1) is 8.07. The molecule has 0 spiro atoms. The van der Waals surface area contributed by atoms with E-state index in [1.807, 2.05) is 0 Å². The van der Waals surface area contributed by atoms with Gasteiger partial charge in [0.15, 0.2) is 0 Å². The van der Waals surface area contributed by atoms with Crippen molar-refractivity contribution in [3.63, 3.8) is 0 Å². The van der Waals surface area contributed by atoms with Gasteiger partial charge in [0.1, 0.15) is 0 Å². The highest BCUT2D eigenvalue weighted by atomic mass is 19.4. The van der Waals surface area contributed by atoms with Crippen molar-refractivity contribution in [2.45, 2.75) is 6.30 Å². The Kier molecular flexibility index (Phi) is 1.92. The van der Waals surface area contributed by atoms with Crippen LogP contribution in [0.1, 0.15) is 0 Å². The van der Waals surface area contributed by atoms with Gasteiger partial charge < -0.3 is 0 Å². The second-order valence-corrected chi connectivity index (χ2v) is 3.73. The molecule has 2 nitrogen and oxygen atoms in total. The summed E-state index contributed by atoms with van der Waals surface area (Å²) in [6, 6.07) is 7.91. The molecule has 86 valence electrons. The van der Waals surface area contributed by atoms with E-state index in [1.165, 1.54) is 12.1 Å². The summed E-state index contributed by atoms with van der Waals surface area (Å²) in [5.74, 6) is 0. The molecule has 0 aliphatic heterocycles. The molecule has 0 radical (unpaired) electrons. The highest BCUT2D eigenvalue weighted by Crippen LogP contribution is 2.30. The zero-order valence-electron chi connectivity index (χ0n) is 8.57. The molecule has 0 bridgehead atoms. The average molecular weight is 236 g/mol. The predicted molar refractivity (Wildman–Crippen MR) is 58.5 cm³/mol. The van der Waals surface area contributed by atoms with Crippen LogP contribution in [0.3, 0.4) is 0 Å². The van der Waals surface area contributed by atoms with E-state index in [2.05, 4.69) is 4.98 Å². The van der Waals surface area contributed by atoms with Gasteiger partial charge in [0.25, 0.3) is 0 Å². The van der Waals surface area contributed by atoms with E-state index in [9.17, 15) is 13.2 Å². The van der Waals surface area contributed by atoms with Crippen molar-refractivity contribution < 1.29 is 13.2 Å². The van der Waals surface area contributed by atoms with Gasteiger partial charge in [0, 0.05) is 23.2 Å². The molecule has 1 aromatic carbocycles. The Morgan fingerprint density at radius 3 is 2.65 bits per heavy atom. The minimum absolute atomic E-state index is 0.117. The summed E-state index contributed by atoms with van der Waals surface area (Å²) in [5, 5.41) is 1.35. The van der Waals surface area contributed by atoms with Crippen LogP contribution < -0.4 is 0 Å². The molecule has 0 amide bonds. The molecule has 3 aromatic rings. The maximum Gasteiger partial charge on any atom is 0.488 e. The zero-order valence-corrected chi connectivity index (χ0v) is 8.57. The molecule has 0 atom stereocenters. The average Bonchev–Trinajstić information content (AvgIpc) is 2.75. The fourth-order valence-corrected chi connectivity index (χ4v) is 1.99. The maximum absolute atomic E-state index is 12.8. The van der Waals surface area contributed by atoms with Crippen LogP contribution in [0, 0.1) is 0 Å². The van der Waals surface area contributed by atoms with Crippen molar-refractivity contribution in [2.24, 2.45) is 0 Å².